The van der Waals surface area contributed by atoms with Crippen LogP contribution in [0.2, 0.25) is 0 Å². The fraction of sp³-hybridized carbons (Fsp3) is 0.217. The largest absolute Gasteiger partial charge is 0.497 e. The molecule has 0 aliphatic carbocycles. The van der Waals surface area contributed by atoms with Gasteiger partial charge in [0.2, 0.25) is 0 Å². The third kappa shape index (κ3) is 6.61. The van der Waals surface area contributed by atoms with Gasteiger partial charge in [-0.25, -0.2) is 9.59 Å². The zero-order chi connectivity index (χ0) is 22.8. The lowest BCUT2D eigenvalue weighted by Gasteiger charge is -2.12. The first kappa shape index (κ1) is 23.5. The minimum atomic E-state index is -1.82. The average Bonchev–Trinajstić information content (AvgIpc) is 2.79. The maximum atomic E-state index is 9.10. The molecule has 0 spiro atoms. The molecule has 0 heterocycles. The molecule has 3 aromatic carbocycles. The van der Waals surface area contributed by atoms with Crippen LogP contribution in [0.25, 0.3) is 10.8 Å². The van der Waals surface area contributed by atoms with Gasteiger partial charge in [-0.3, -0.25) is 0 Å². The van der Waals surface area contributed by atoms with Gasteiger partial charge in [0.1, 0.15) is 17.2 Å². The van der Waals surface area contributed by atoms with E-state index in [0.717, 1.165) is 41.3 Å². The van der Waals surface area contributed by atoms with Crippen molar-refractivity contribution in [1.82, 2.24) is 5.32 Å². The Morgan fingerprint density at radius 1 is 0.774 bits per heavy atom. The number of rotatable bonds is 7. The van der Waals surface area contributed by atoms with E-state index in [1.807, 2.05) is 30.3 Å². The van der Waals surface area contributed by atoms with Crippen LogP contribution in [0.1, 0.15) is 11.1 Å². The lowest BCUT2D eigenvalue weighted by atomic mass is 10.0. The highest BCUT2D eigenvalue weighted by atomic mass is 16.5. The third-order valence-corrected chi connectivity index (χ3v) is 4.43. The Hall–Kier alpha value is -3.78. The third-order valence-electron chi connectivity index (χ3n) is 4.43. The summed E-state index contributed by atoms with van der Waals surface area (Å²) in [6.07, 6.45) is 0. The Morgan fingerprint density at radius 2 is 1.35 bits per heavy atom. The number of nitrogens with one attached hydrogen (secondary N) is 1. The molecule has 0 bridgehead atoms. The summed E-state index contributed by atoms with van der Waals surface area (Å²) in [4.78, 5) is 18.2. The summed E-state index contributed by atoms with van der Waals surface area (Å²) in [6.45, 7) is 1.50. The Morgan fingerprint density at radius 3 is 1.87 bits per heavy atom. The second kappa shape index (κ2) is 11.4. The monoisotopic (exact) mass is 427 g/mol. The van der Waals surface area contributed by atoms with Gasteiger partial charge < -0.3 is 29.7 Å². The molecule has 8 nitrogen and oxygen atoms in total. The average molecular weight is 427 g/mol. The van der Waals surface area contributed by atoms with E-state index in [-0.39, 0.29) is 0 Å². The molecule has 0 radical (unpaired) electrons. The fourth-order valence-electron chi connectivity index (χ4n) is 2.98. The van der Waals surface area contributed by atoms with Gasteiger partial charge in [-0.15, -0.1) is 0 Å². The minimum Gasteiger partial charge on any atom is -0.497 e. The lowest BCUT2D eigenvalue weighted by molar-refractivity contribution is -0.159. The first-order valence-electron chi connectivity index (χ1n) is 9.33. The van der Waals surface area contributed by atoms with E-state index < -0.39 is 11.9 Å². The van der Waals surface area contributed by atoms with Crippen molar-refractivity contribution in [3.63, 3.8) is 0 Å². The van der Waals surface area contributed by atoms with Gasteiger partial charge in [-0.1, -0.05) is 30.3 Å². The molecular formula is C23H25NO7. The molecule has 8 heteroatoms. The molecule has 3 rings (SSSR count). The summed E-state index contributed by atoms with van der Waals surface area (Å²) in [5, 5.41) is 20.6. The van der Waals surface area contributed by atoms with Crippen molar-refractivity contribution < 1.29 is 34.0 Å². The molecule has 31 heavy (non-hydrogen) atoms. The number of benzene rings is 3. The van der Waals surface area contributed by atoms with Crippen molar-refractivity contribution in [3.8, 4) is 17.2 Å². The molecule has 0 aromatic heterocycles. The van der Waals surface area contributed by atoms with Gasteiger partial charge in [0, 0.05) is 24.5 Å². The Balaban J connectivity index is 0.000000501. The highest BCUT2D eigenvalue weighted by Crippen LogP contribution is 2.28. The van der Waals surface area contributed by atoms with E-state index in [0.29, 0.717) is 0 Å². The van der Waals surface area contributed by atoms with E-state index in [9.17, 15) is 0 Å². The van der Waals surface area contributed by atoms with Crippen molar-refractivity contribution in [1.29, 1.82) is 0 Å². The fourth-order valence-corrected chi connectivity index (χ4v) is 2.98. The van der Waals surface area contributed by atoms with Crippen LogP contribution in [0, 0.1) is 0 Å². The van der Waals surface area contributed by atoms with E-state index in [1.165, 1.54) is 10.9 Å². The topological polar surface area (TPSA) is 114 Å². The molecule has 0 atom stereocenters. The number of hydrogen-bond acceptors (Lipinski definition) is 6. The standard InChI is InChI=1S/C21H23NO3.C2H2O4/c1-23-17-10-15(11-18(12-17)24-2)13-22-14-16-8-9-21(25-3)20-7-5-4-6-19(16)20;3-1(4)2(5)6/h4-12,22H,13-14H2,1-3H3;(H,3,4)(H,5,6). The number of carbonyl (C=O) groups is 2. The maximum Gasteiger partial charge on any atom is 0.414 e. The number of aliphatic carboxylic acids is 2. The molecule has 0 saturated heterocycles. The molecule has 0 aliphatic heterocycles. The molecular weight excluding hydrogens is 402 g/mol. The van der Waals surface area contributed by atoms with Crippen molar-refractivity contribution in [3.05, 3.63) is 65.7 Å². The first-order valence-corrected chi connectivity index (χ1v) is 9.33. The minimum absolute atomic E-state index is 0.730. The summed E-state index contributed by atoms with van der Waals surface area (Å²) >= 11 is 0. The normalized spacial score (nSPS) is 10.0. The van der Waals surface area contributed by atoms with Crippen molar-refractivity contribution >= 4 is 22.7 Å². The van der Waals surface area contributed by atoms with Crippen molar-refractivity contribution in [2.24, 2.45) is 0 Å². The summed E-state index contributed by atoms with van der Waals surface area (Å²) in [6, 6.07) is 18.3. The second-order valence-electron chi connectivity index (χ2n) is 6.41. The van der Waals surface area contributed by atoms with Gasteiger partial charge in [0.15, 0.2) is 0 Å². The van der Waals surface area contributed by atoms with Crippen LogP contribution < -0.4 is 19.5 Å². The van der Waals surface area contributed by atoms with Crippen LogP contribution in [0.15, 0.2) is 54.6 Å². The molecule has 0 amide bonds. The van der Waals surface area contributed by atoms with Gasteiger partial charge >= 0.3 is 11.9 Å². The van der Waals surface area contributed by atoms with Gasteiger partial charge in [0.25, 0.3) is 0 Å². The lowest BCUT2D eigenvalue weighted by Crippen LogP contribution is -2.13. The zero-order valence-electron chi connectivity index (χ0n) is 17.5. The number of hydrogen-bond donors (Lipinski definition) is 3. The molecule has 164 valence electrons. The first-order chi connectivity index (χ1) is 14.9. The van der Waals surface area contributed by atoms with Crippen LogP contribution in [0.3, 0.4) is 0 Å². The maximum absolute atomic E-state index is 9.10. The Kier molecular flexibility index (Phi) is 8.65. The summed E-state index contributed by atoms with van der Waals surface area (Å²) in [5.41, 5.74) is 2.36. The number of carboxylic acid groups (broad SMARTS) is 2. The molecule has 3 aromatic rings. The van der Waals surface area contributed by atoms with E-state index in [4.69, 9.17) is 34.0 Å². The number of ether oxygens (including phenoxy) is 3. The molecule has 0 saturated carbocycles. The van der Waals surface area contributed by atoms with Crippen LogP contribution in [-0.4, -0.2) is 43.5 Å². The van der Waals surface area contributed by atoms with E-state index >= 15 is 0 Å². The molecule has 0 fully saturated rings. The highest BCUT2D eigenvalue weighted by Gasteiger charge is 2.07. The van der Waals surface area contributed by atoms with Gasteiger partial charge in [-0.2, -0.15) is 0 Å². The second-order valence-corrected chi connectivity index (χ2v) is 6.41. The molecule has 3 N–H and O–H groups in total. The van der Waals surface area contributed by atoms with Gasteiger partial charge in [0.05, 0.1) is 21.3 Å². The van der Waals surface area contributed by atoms with Crippen LogP contribution >= 0.6 is 0 Å². The van der Waals surface area contributed by atoms with Crippen LogP contribution in [0.4, 0.5) is 0 Å². The smallest absolute Gasteiger partial charge is 0.414 e. The predicted molar refractivity (Wildman–Crippen MR) is 116 cm³/mol. The van der Waals surface area contributed by atoms with Crippen molar-refractivity contribution in [2.75, 3.05) is 21.3 Å². The van der Waals surface area contributed by atoms with Crippen LogP contribution in [0.5, 0.6) is 17.2 Å². The molecule has 0 aliphatic rings. The molecule has 0 unspecified atom stereocenters. The number of carboxylic acids is 2. The Labute approximate surface area is 180 Å². The number of methoxy groups -OCH3 is 3. The zero-order valence-corrected chi connectivity index (χ0v) is 17.5. The summed E-state index contributed by atoms with van der Waals surface area (Å²) in [7, 11) is 5.03. The SMILES string of the molecule is COc1cc(CNCc2ccc(OC)c3ccccc23)cc(OC)c1.O=C(O)C(=O)O. The van der Waals surface area contributed by atoms with Gasteiger partial charge in [-0.05, 0) is 34.7 Å². The Bertz CT molecular complexity index is 1020. The quantitative estimate of drug-likeness (QED) is 0.492. The van der Waals surface area contributed by atoms with Crippen molar-refractivity contribution in [2.45, 2.75) is 13.1 Å². The van der Waals surface area contributed by atoms with Crippen LogP contribution in [-0.2, 0) is 22.7 Å². The van der Waals surface area contributed by atoms with E-state index in [2.05, 4.69) is 29.6 Å². The van der Waals surface area contributed by atoms with E-state index in [1.54, 1.807) is 21.3 Å². The highest BCUT2D eigenvalue weighted by molar-refractivity contribution is 6.27. The number of fused-ring (bicyclic) bond motifs is 1. The summed E-state index contributed by atoms with van der Waals surface area (Å²) < 4.78 is 16.1. The predicted octanol–water partition coefficient (Wildman–Crippen LogP) is 3.31. The summed E-state index contributed by atoms with van der Waals surface area (Å²) in [5.74, 6) is -1.15.